The maximum absolute atomic E-state index is 17.6. The predicted octanol–water partition coefficient (Wildman–Crippen LogP) is 8.45. The second-order valence-corrected chi connectivity index (χ2v) is 16.8. The number of rotatable bonds is 18. The highest BCUT2D eigenvalue weighted by molar-refractivity contribution is 7.43. The van der Waals surface area contributed by atoms with Crippen LogP contribution in [0.15, 0.2) is 122 Å². The third kappa shape index (κ3) is 9.43. The Kier molecular flexibility index (Phi) is 14.4. The minimum Gasteiger partial charge on any atom is -0.497 e. The summed E-state index contributed by atoms with van der Waals surface area (Å²) in [5, 5.41) is 13.6. The van der Waals surface area contributed by atoms with E-state index in [9.17, 15) is 14.9 Å². The number of fused-ring (bicyclic) bond motifs is 1. The number of carbonyl (C=O) groups excluding carboxylic acids is 1. The molecule has 4 aromatic carbocycles. The van der Waals surface area contributed by atoms with Crippen molar-refractivity contribution in [3.05, 3.63) is 144 Å². The molecule has 14 nitrogen and oxygen atoms in total. The molecule has 0 aliphatic carbocycles. The van der Waals surface area contributed by atoms with E-state index in [1.807, 2.05) is 111 Å². The van der Waals surface area contributed by atoms with Crippen molar-refractivity contribution in [1.29, 1.82) is 5.26 Å². The lowest BCUT2D eigenvalue weighted by Crippen LogP contribution is -2.40. The Balaban J connectivity index is 1.29. The predicted molar refractivity (Wildman–Crippen MR) is 237 cm³/mol. The Labute approximate surface area is 367 Å². The number of carbonyl (C=O) groups is 1. The first-order chi connectivity index (χ1) is 30.5. The molecule has 1 aliphatic rings. The molecule has 1 amide bonds. The number of alkyl halides is 1. The minimum absolute atomic E-state index is 0.0585. The lowest BCUT2D eigenvalue weighted by molar-refractivity contribution is -0.0881. The molecule has 2 N–H and O–H groups in total. The summed E-state index contributed by atoms with van der Waals surface area (Å²) in [7, 11) is 1.06. The number of halogens is 1. The van der Waals surface area contributed by atoms with Crippen LogP contribution in [0.4, 0.5) is 10.2 Å². The summed E-state index contributed by atoms with van der Waals surface area (Å²) in [6, 6.07) is 35.5. The van der Waals surface area contributed by atoms with Gasteiger partial charge >= 0.3 is 0 Å². The fraction of sp³-hybridized carbons (Fsp3) is 0.340. The zero-order valence-electron chi connectivity index (χ0n) is 35.9. The van der Waals surface area contributed by atoms with Crippen molar-refractivity contribution in [1.82, 2.24) is 24.2 Å². The number of nitrogens with zero attached hydrogens (tertiary/aromatic N) is 6. The van der Waals surface area contributed by atoms with Crippen molar-refractivity contribution in [3.8, 4) is 17.6 Å². The third-order valence-electron chi connectivity index (χ3n) is 11.2. The van der Waals surface area contributed by atoms with Crippen LogP contribution in [0.1, 0.15) is 61.0 Å². The Bertz CT molecular complexity index is 2420. The average molecular weight is 876 g/mol. The number of hydrogen-bond donors (Lipinski definition) is 2. The number of aromatic nitrogens is 4. The fourth-order valence-corrected chi connectivity index (χ4v) is 9.43. The van der Waals surface area contributed by atoms with E-state index in [1.54, 1.807) is 44.6 Å². The number of ether oxygens (including phenoxy) is 4. The van der Waals surface area contributed by atoms with Crippen LogP contribution < -0.4 is 14.8 Å². The number of amides is 1. The largest absolute Gasteiger partial charge is 0.497 e. The Morgan fingerprint density at radius 3 is 2.02 bits per heavy atom. The lowest BCUT2D eigenvalue weighted by Gasteiger charge is -2.37. The number of imidazole rings is 1. The molecule has 1 saturated heterocycles. The number of nitriles is 1. The molecule has 2 unspecified atom stereocenters. The third-order valence-corrected chi connectivity index (χ3v) is 12.9. The molecule has 3 heterocycles. The topological polar surface area (TPSA) is 166 Å². The summed E-state index contributed by atoms with van der Waals surface area (Å²) in [4.78, 5) is 37.6. The van der Waals surface area contributed by atoms with Gasteiger partial charge in [0.05, 0.1) is 51.9 Å². The van der Waals surface area contributed by atoms with Gasteiger partial charge in [-0.25, -0.2) is 24.0 Å². The van der Waals surface area contributed by atoms with Crippen molar-refractivity contribution in [2.24, 2.45) is 11.8 Å². The van der Waals surface area contributed by atoms with Crippen molar-refractivity contribution < 1.29 is 37.5 Å². The van der Waals surface area contributed by atoms with Crippen molar-refractivity contribution >= 4 is 31.4 Å². The maximum Gasteiger partial charge on any atom is 0.256 e. The highest BCUT2D eigenvalue weighted by Crippen LogP contribution is 2.47. The van der Waals surface area contributed by atoms with Crippen LogP contribution in [0.5, 0.6) is 11.5 Å². The molecule has 2 aromatic heterocycles. The first kappa shape index (κ1) is 45.2. The first-order valence-electron chi connectivity index (χ1n) is 20.6. The number of methoxy groups -OCH3 is 2. The fourth-order valence-electron chi connectivity index (χ4n) is 8.21. The molecule has 1 aliphatic heterocycles. The molecule has 0 radical (unpaired) electrons. The number of anilines is 1. The molecule has 0 bridgehead atoms. The van der Waals surface area contributed by atoms with Gasteiger partial charge in [-0.2, -0.15) is 5.26 Å². The normalized spacial score (nSPS) is 18.7. The second kappa shape index (κ2) is 20.1. The molecule has 0 saturated carbocycles. The quantitative estimate of drug-likeness (QED) is 0.0626. The molecule has 0 spiro atoms. The van der Waals surface area contributed by atoms with Crippen LogP contribution in [0.25, 0.3) is 11.2 Å². The van der Waals surface area contributed by atoms with Gasteiger partial charge < -0.3 is 33.7 Å². The van der Waals surface area contributed by atoms with Gasteiger partial charge in [-0.3, -0.25) is 9.36 Å². The van der Waals surface area contributed by atoms with Crippen molar-refractivity contribution in [2.75, 3.05) is 32.8 Å². The molecule has 63 heavy (non-hydrogen) atoms. The van der Waals surface area contributed by atoms with Gasteiger partial charge in [0.2, 0.25) is 0 Å². The van der Waals surface area contributed by atoms with Crippen LogP contribution in [0.3, 0.4) is 0 Å². The van der Waals surface area contributed by atoms with Gasteiger partial charge in [0.25, 0.3) is 14.4 Å². The first-order valence-corrected chi connectivity index (χ1v) is 21.8. The van der Waals surface area contributed by atoms with Crippen LogP contribution in [-0.4, -0.2) is 86.8 Å². The summed E-state index contributed by atoms with van der Waals surface area (Å²) in [5.74, 6) is -1.23. The van der Waals surface area contributed by atoms with E-state index in [-0.39, 0.29) is 42.3 Å². The molecule has 6 atom stereocenters. The average Bonchev–Trinajstić information content (AvgIpc) is 3.88. The van der Waals surface area contributed by atoms with E-state index in [1.165, 1.54) is 17.2 Å². The van der Waals surface area contributed by atoms with Crippen LogP contribution in [-0.2, 0) is 19.6 Å². The van der Waals surface area contributed by atoms with Crippen molar-refractivity contribution in [2.45, 2.75) is 63.9 Å². The molecule has 16 heteroatoms. The Morgan fingerprint density at radius 1 is 0.889 bits per heavy atom. The molecular weight excluding hydrogens is 825 g/mol. The molecule has 7 rings (SSSR count). The smallest absolute Gasteiger partial charge is 0.256 e. The monoisotopic (exact) mass is 875 g/mol. The Morgan fingerprint density at radius 2 is 1.46 bits per heavy atom. The van der Waals surface area contributed by atoms with E-state index < -0.39 is 50.4 Å². The zero-order chi connectivity index (χ0) is 44.7. The van der Waals surface area contributed by atoms with Gasteiger partial charge in [0.1, 0.15) is 23.4 Å². The number of benzene rings is 4. The van der Waals surface area contributed by atoms with Crippen LogP contribution in [0.2, 0.25) is 0 Å². The number of nitrogens with one attached hydrogen (secondary N) is 1. The van der Waals surface area contributed by atoms with Gasteiger partial charge in [0, 0.05) is 23.6 Å². The van der Waals surface area contributed by atoms with Gasteiger partial charge in [-0.05, 0) is 80.8 Å². The molecule has 6 aromatic rings. The van der Waals surface area contributed by atoms with E-state index in [4.69, 9.17) is 23.5 Å². The van der Waals surface area contributed by atoms with E-state index in [2.05, 4.69) is 26.3 Å². The van der Waals surface area contributed by atoms with Gasteiger partial charge in [-0.15, -0.1) is 0 Å². The SMILES string of the molecule is COc1ccc(C(OC[C@@H]2O[C@@H](n3cnc4c(NC(=O)c5ccccc5)ncnc43)[C@H](F)[C@@H]2C(C#N)COP(O)N(C(C)C)C(C)C)(c2ccccc2)c2ccc(OC)cc2)cc1. The summed E-state index contributed by atoms with van der Waals surface area (Å²) in [5.41, 5.74) is 1.81. The molecular formula is C47H51FN7O7P. The van der Waals surface area contributed by atoms with Crippen LogP contribution in [0, 0.1) is 23.2 Å². The highest BCUT2D eigenvalue weighted by Gasteiger charge is 2.52. The standard InChI is InChI=1S/C47H51FN7O7P/c1-30(2)55(31(3)4)63(57)61-26-33(25-49)40-39(62-46(41(40)48)54-29-52-42-43(50-28-51-44(42)54)53-45(56)32-13-9-7-10-14-32)27-60-47(34-15-11-8-12-16-34,35-17-21-37(58-5)22-18-35)36-19-23-38(59-6)24-20-36/h7-24,28-31,33,39-41,46,57H,26-27H2,1-6H3,(H,50,51,53,56)/t33?,39-,40+,41+,46+,63?/m0/s1. The van der Waals surface area contributed by atoms with E-state index in [0.717, 1.165) is 16.7 Å². The second-order valence-electron chi connectivity index (χ2n) is 15.6. The minimum atomic E-state index is -2.13. The Hall–Kier alpha value is -5.85. The van der Waals surface area contributed by atoms with Crippen molar-refractivity contribution in [3.63, 3.8) is 0 Å². The molecule has 328 valence electrons. The summed E-state index contributed by atoms with van der Waals surface area (Å²) < 4.78 is 51.8. The van der Waals surface area contributed by atoms with Gasteiger partial charge in [0.15, 0.2) is 29.4 Å². The lowest BCUT2D eigenvalue weighted by atomic mass is 9.79. The zero-order valence-corrected chi connectivity index (χ0v) is 36.8. The molecule has 1 fully saturated rings. The summed E-state index contributed by atoms with van der Waals surface area (Å²) in [6.07, 6.45) is -1.59. The van der Waals surface area contributed by atoms with Crippen LogP contribution >= 0.6 is 8.53 Å². The maximum atomic E-state index is 17.6. The summed E-state index contributed by atoms with van der Waals surface area (Å²) in [6.45, 7) is 7.29. The summed E-state index contributed by atoms with van der Waals surface area (Å²) >= 11 is 0. The number of hydrogen-bond acceptors (Lipinski definition) is 12. The van der Waals surface area contributed by atoms with E-state index >= 15 is 4.39 Å². The highest BCUT2D eigenvalue weighted by atomic mass is 31.2. The van der Waals surface area contributed by atoms with E-state index in [0.29, 0.717) is 17.1 Å². The van der Waals surface area contributed by atoms with Gasteiger partial charge in [-0.1, -0.05) is 72.8 Å².